The molecule has 2 rings (SSSR count). The Labute approximate surface area is 138 Å². The summed E-state index contributed by atoms with van der Waals surface area (Å²) in [6.45, 7) is -0.0795. The number of azide groups is 1. The second-order valence-electron chi connectivity index (χ2n) is 4.84. The molecule has 0 saturated carbocycles. The number of nitrogens with one attached hydrogen (secondary N) is 1. The van der Waals surface area contributed by atoms with Crippen LogP contribution in [-0.2, 0) is 6.42 Å². The normalized spacial score (nSPS) is 10.2. The van der Waals surface area contributed by atoms with Gasteiger partial charge in [-0.1, -0.05) is 17.2 Å². The lowest BCUT2D eigenvalue weighted by atomic mass is 10.1. The molecule has 0 fully saturated rings. The zero-order valence-corrected chi connectivity index (χ0v) is 12.4. The number of phenols is 1. The van der Waals surface area contributed by atoms with Crippen molar-refractivity contribution >= 4 is 11.6 Å². The van der Waals surface area contributed by atoms with Gasteiger partial charge in [0.05, 0.1) is 0 Å². The third-order valence-corrected chi connectivity index (χ3v) is 3.25. The van der Waals surface area contributed by atoms with Crippen molar-refractivity contribution in [1.82, 2.24) is 5.32 Å². The van der Waals surface area contributed by atoms with E-state index in [1.807, 2.05) is 0 Å². The van der Waals surface area contributed by atoms with Crippen LogP contribution in [0.1, 0.15) is 15.9 Å². The quantitative estimate of drug-likeness (QED) is 0.280. The Morgan fingerprint density at radius 2 is 1.64 bits per heavy atom. The van der Waals surface area contributed by atoms with Gasteiger partial charge in [0.15, 0.2) is 23.3 Å². The second-order valence-corrected chi connectivity index (χ2v) is 4.84. The Hall–Kier alpha value is -3.26. The van der Waals surface area contributed by atoms with E-state index in [9.17, 15) is 22.4 Å². The molecule has 0 spiro atoms. The second kappa shape index (κ2) is 7.54. The smallest absolute Gasteiger partial charge is 0.257 e. The minimum Gasteiger partial charge on any atom is -0.508 e. The summed E-state index contributed by atoms with van der Waals surface area (Å²) < 4.78 is 54.9. The fourth-order valence-corrected chi connectivity index (χ4v) is 2.02. The lowest BCUT2D eigenvalue weighted by molar-refractivity contribution is 0.0943. The Morgan fingerprint density at radius 3 is 2.16 bits per heavy atom. The van der Waals surface area contributed by atoms with Crippen molar-refractivity contribution in [2.45, 2.75) is 6.42 Å². The topological polar surface area (TPSA) is 98.1 Å². The summed E-state index contributed by atoms with van der Waals surface area (Å²) in [6.07, 6.45) is 0.247. The molecule has 2 aromatic carbocycles. The number of benzene rings is 2. The van der Waals surface area contributed by atoms with Gasteiger partial charge >= 0.3 is 0 Å². The van der Waals surface area contributed by atoms with Gasteiger partial charge in [0, 0.05) is 11.5 Å². The number of phenolic OH excluding ortho intramolecular Hbond substituents is 1. The Kier molecular flexibility index (Phi) is 5.45. The molecule has 2 N–H and O–H groups in total. The molecular weight excluding hydrogens is 344 g/mol. The van der Waals surface area contributed by atoms with Crippen LogP contribution in [0.15, 0.2) is 29.4 Å². The number of aromatic hydroxyl groups is 1. The van der Waals surface area contributed by atoms with E-state index in [-0.39, 0.29) is 18.7 Å². The average molecular weight is 354 g/mol. The molecule has 0 saturated heterocycles. The number of amides is 1. The number of halogens is 4. The summed E-state index contributed by atoms with van der Waals surface area (Å²) in [6, 6.07) is 5.96. The maximum absolute atomic E-state index is 13.8. The molecule has 0 aliphatic carbocycles. The molecule has 10 heteroatoms. The first-order valence-corrected chi connectivity index (χ1v) is 6.84. The molecule has 6 nitrogen and oxygen atoms in total. The van der Waals surface area contributed by atoms with E-state index in [0.29, 0.717) is 5.56 Å². The van der Waals surface area contributed by atoms with Crippen molar-refractivity contribution in [3.63, 3.8) is 0 Å². The van der Waals surface area contributed by atoms with Crippen molar-refractivity contribution in [3.8, 4) is 5.75 Å². The number of rotatable bonds is 5. The third-order valence-electron chi connectivity index (χ3n) is 3.25. The molecule has 0 aromatic heterocycles. The summed E-state index contributed by atoms with van der Waals surface area (Å²) >= 11 is 0. The summed E-state index contributed by atoms with van der Waals surface area (Å²) in [5.74, 6) is -9.14. The molecule has 0 unspecified atom stereocenters. The van der Waals surface area contributed by atoms with E-state index in [0.717, 1.165) is 0 Å². The highest BCUT2D eigenvalue weighted by Crippen LogP contribution is 2.30. The Bertz CT molecular complexity index is 836. The average Bonchev–Trinajstić information content (AvgIpc) is 2.59. The lowest BCUT2D eigenvalue weighted by Gasteiger charge is -2.10. The van der Waals surface area contributed by atoms with Gasteiger partial charge in [-0.2, -0.15) is 0 Å². The Balaban J connectivity index is 2.19. The van der Waals surface area contributed by atoms with Crippen LogP contribution in [0.5, 0.6) is 5.75 Å². The van der Waals surface area contributed by atoms with Crippen molar-refractivity contribution in [2.75, 3.05) is 6.54 Å². The monoisotopic (exact) mass is 354 g/mol. The van der Waals surface area contributed by atoms with Crippen molar-refractivity contribution < 1.29 is 27.5 Å². The van der Waals surface area contributed by atoms with Crippen LogP contribution < -0.4 is 5.32 Å². The first-order chi connectivity index (χ1) is 11.9. The minimum absolute atomic E-state index is 0.0444. The van der Waals surface area contributed by atoms with Crippen LogP contribution in [-0.4, -0.2) is 17.6 Å². The number of hydrogen-bond acceptors (Lipinski definition) is 3. The maximum atomic E-state index is 13.8. The SMILES string of the molecule is [N-]=[N+]=Nc1c(F)c(F)c(C(=O)NCCc2ccc(O)cc2)c(F)c1F. The summed E-state index contributed by atoms with van der Waals surface area (Å²) in [4.78, 5) is 13.9. The van der Waals surface area contributed by atoms with E-state index in [1.165, 1.54) is 12.1 Å². The summed E-state index contributed by atoms with van der Waals surface area (Å²) in [7, 11) is 0. The fraction of sp³-hybridized carbons (Fsp3) is 0.133. The minimum atomic E-state index is -1.96. The van der Waals surface area contributed by atoms with Crippen molar-refractivity contribution in [2.24, 2.45) is 5.11 Å². The van der Waals surface area contributed by atoms with Gasteiger partial charge in [0.25, 0.3) is 5.91 Å². The molecule has 0 aliphatic rings. The van der Waals surface area contributed by atoms with Crippen LogP contribution >= 0.6 is 0 Å². The van der Waals surface area contributed by atoms with Crippen LogP contribution in [0, 0.1) is 23.3 Å². The molecule has 0 radical (unpaired) electrons. The number of nitrogens with zero attached hydrogens (tertiary/aromatic N) is 3. The molecule has 2 aromatic rings. The summed E-state index contributed by atoms with van der Waals surface area (Å²) in [5, 5.41) is 13.8. The number of carbonyl (C=O) groups excluding carboxylic acids is 1. The van der Waals surface area contributed by atoms with E-state index >= 15 is 0 Å². The molecule has 130 valence electrons. The molecule has 0 heterocycles. The van der Waals surface area contributed by atoms with E-state index in [1.54, 1.807) is 12.1 Å². The highest BCUT2D eigenvalue weighted by atomic mass is 19.2. The third kappa shape index (κ3) is 3.81. The predicted molar refractivity (Wildman–Crippen MR) is 79.2 cm³/mol. The van der Waals surface area contributed by atoms with Crippen LogP contribution in [0.2, 0.25) is 0 Å². The van der Waals surface area contributed by atoms with E-state index in [2.05, 4.69) is 15.3 Å². The predicted octanol–water partition coefficient (Wildman–Crippen LogP) is 3.86. The zero-order chi connectivity index (χ0) is 18.6. The van der Waals surface area contributed by atoms with Gasteiger partial charge in [-0.3, -0.25) is 4.79 Å². The molecule has 0 atom stereocenters. The highest BCUT2D eigenvalue weighted by molar-refractivity contribution is 5.95. The van der Waals surface area contributed by atoms with Gasteiger partial charge in [-0.05, 0) is 29.6 Å². The summed E-state index contributed by atoms with van der Waals surface area (Å²) in [5.41, 5.74) is 5.92. The largest absolute Gasteiger partial charge is 0.508 e. The van der Waals surface area contributed by atoms with Gasteiger partial charge in [-0.25, -0.2) is 17.6 Å². The van der Waals surface area contributed by atoms with Gasteiger partial charge in [0.1, 0.15) is 17.0 Å². The van der Waals surface area contributed by atoms with Crippen LogP contribution in [0.25, 0.3) is 10.4 Å². The highest BCUT2D eigenvalue weighted by Gasteiger charge is 2.28. The van der Waals surface area contributed by atoms with Gasteiger partial charge < -0.3 is 10.4 Å². The van der Waals surface area contributed by atoms with Crippen molar-refractivity contribution in [1.29, 1.82) is 0 Å². The molecule has 0 aliphatic heterocycles. The standard InChI is InChI=1S/C15H10F4N4O2/c16-10-9(11(17)13(19)14(12(10)18)22-23-20)15(25)21-6-5-7-1-3-8(24)4-2-7/h1-4,24H,5-6H2,(H,21,25). The van der Waals surface area contributed by atoms with Gasteiger partial charge in [0.2, 0.25) is 0 Å². The molecular formula is C15H10F4N4O2. The molecule has 0 bridgehead atoms. The van der Waals surface area contributed by atoms with E-state index < -0.39 is 40.4 Å². The van der Waals surface area contributed by atoms with Crippen LogP contribution in [0.4, 0.5) is 23.2 Å². The molecule has 1 amide bonds. The maximum Gasteiger partial charge on any atom is 0.257 e. The van der Waals surface area contributed by atoms with Gasteiger partial charge in [-0.15, -0.1) is 0 Å². The Morgan fingerprint density at radius 1 is 1.08 bits per heavy atom. The first kappa shape index (κ1) is 18.1. The lowest BCUT2D eigenvalue weighted by Crippen LogP contribution is -2.28. The van der Waals surface area contributed by atoms with Crippen LogP contribution in [0.3, 0.4) is 0 Å². The number of carbonyl (C=O) groups is 1. The fourth-order valence-electron chi connectivity index (χ4n) is 2.02. The van der Waals surface area contributed by atoms with E-state index in [4.69, 9.17) is 10.6 Å². The molecule has 25 heavy (non-hydrogen) atoms. The number of hydrogen-bond donors (Lipinski definition) is 2. The zero-order valence-electron chi connectivity index (χ0n) is 12.4. The first-order valence-electron chi connectivity index (χ1n) is 6.84. The van der Waals surface area contributed by atoms with Crippen molar-refractivity contribution in [3.05, 3.63) is 69.1 Å².